The normalized spacial score (nSPS) is 14.1. The zero-order chi connectivity index (χ0) is 12.8. The van der Waals surface area contributed by atoms with Gasteiger partial charge in [-0.15, -0.1) is 0 Å². The van der Waals surface area contributed by atoms with Crippen LogP contribution >= 0.6 is 0 Å². The van der Waals surface area contributed by atoms with Gasteiger partial charge < -0.3 is 10.4 Å². The molecule has 0 aliphatic heterocycles. The molecule has 0 aliphatic rings. The summed E-state index contributed by atoms with van der Waals surface area (Å²) in [5.41, 5.74) is -0.617. The summed E-state index contributed by atoms with van der Waals surface area (Å²) in [6, 6.07) is 0. The Morgan fingerprint density at radius 2 is 1.88 bits per heavy atom. The lowest BCUT2D eigenvalue weighted by atomic mass is 9.89. The molecule has 0 saturated heterocycles. The zero-order valence-electron chi connectivity index (χ0n) is 11.3. The Kier molecular flexibility index (Phi) is 6.65. The highest BCUT2D eigenvalue weighted by molar-refractivity contribution is 5.73. The van der Waals surface area contributed by atoms with Gasteiger partial charge in [0.2, 0.25) is 0 Å². The van der Waals surface area contributed by atoms with Gasteiger partial charge in [0.05, 0.1) is 5.41 Å². The van der Waals surface area contributed by atoms with Crippen LogP contribution in [0.5, 0.6) is 0 Å². The lowest BCUT2D eigenvalue weighted by Crippen LogP contribution is -2.31. The summed E-state index contributed by atoms with van der Waals surface area (Å²) in [5, 5.41) is 12.3. The molecule has 0 aliphatic carbocycles. The van der Waals surface area contributed by atoms with E-state index in [2.05, 4.69) is 26.1 Å². The van der Waals surface area contributed by atoms with Crippen LogP contribution in [0, 0.1) is 17.3 Å². The smallest absolute Gasteiger partial charge is 0.309 e. The molecule has 0 saturated carbocycles. The molecular weight excluding hydrogens is 202 g/mol. The summed E-state index contributed by atoms with van der Waals surface area (Å²) in [7, 11) is 0. The molecule has 0 spiro atoms. The van der Waals surface area contributed by atoms with E-state index < -0.39 is 11.4 Å². The number of hydrogen-bond acceptors (Lipinski definition) is 2. The van der Waals surface area contributed by atoms with Crippen LogP contribution in [0.1, 0.15) is 47.5 Å². The van der Waals surface area contributed by atoms with Gasteiger partial charge in [-0.2, -0.15) is 0 Å². The van der Waals surface area contributed by atoms with Crippen LogP contribution in [0.15, 0.2) is 0 Å². The first-order valence-corrected chi connectivity index (χ1v) is 6.20. The predicted octanol–water partition coefficient (Wildman–Crippen LogP) is 2.76. The minimum atomic E-state index is -0.718. The summed E-state index contributed by atoms with van der Waals surface area (Å²) in [4.78, 5) is 10.9. The predicted molar refractivity (Wildman–Crippen MR) is 67.5 cm³/mol. The Labute approximate surface area is 99.6 Å². The SMILES string of the molecule is CC(C)CC(C)CNCCC(C)(C)C(=O)O. The van der Waals surface area contributed by atoms with Gasteiger partial charge in [0, 0.05) is 0 Å². The minimum absolute atomic E-state index is 0.617. The molecule has 0 aromatic carbocycles. The van der Waals surface area contributed by atoms with Gasteiger partial charge in [-0.25, -0.2) is 0 Å². The van der Waals surface area contributed by atoms with Crippen molar-refractivity contribution in [3.8, 4) is 0 Å². The lowest BCUT2D eigenvalue weighted by molar-refractivity contribution is -0.147. The van der Waals surface area contributed by atoms with Gasteiger partial charge in [0.25, 0.3) is 0 Å². The molecule has 0 rings (SSSR count). The van der Waals surface area contributed by atoms with Crippen LogP contribution in [-0.4, -0.2) is 24.2 Å². The van der Waals surface area contributed by atoms with Gasteiger partial charge in [-0.1, -0.05) is 20.8 Å². The number of carbonyl (C=O) groups is 1. The van der Waals surface area contributed by atoms with E-state index in [0.29, 0.717) is 12.3 Å². The van der Waals surface area contributed by atoms with E-state index in [-0.39, 0.29) is 0 Å². The quantitative estimate of drug-likeness (QED) is 0.629. The molecule has 3 nitrogen and oxygen atoms in total. The second-order valence-corrected chi connectivity index (χ2v) is 5.88. The van der Waals surface area contributed by atoms with E-state index in [1.165, 1.54) is 6.42 Å². The van der Waals surface area contributed by atoms with Gasteiger partial charge in [-0.05, 0) is 51.6 Å². The van der Waals surface area contributed by atoms with E-state index in [9.17, 15) is 4.79 Å². The highest BCUT2D eigenvalue weighted by Gasteiger charge is 2.26. The van der Waals surface area contributed by atoms with Crippen molar-refractivity contribution in [1.82, 2.24) is 5.32 Å². The second-order valence-electron chi connectivity index (χ2n) is 5.88. The van der Waals surface area contributed by atoms with E-state index in [1.807, 2.05) is 0 Å². The molecule has 0 bridgehead atoms. The number of hydrogen-bond donors (Lipinski definition) is 2. The molecule has 1 unspecified atom stereocenters. The molecular formula is C13H27NO2. The molecule has 2 N–H and O–H groups in total. The van der Waals surface area contributed by atoms with Gasteiger partial charge in [-0.3, -0.25) is 4.79 Å². The maximum atomic E-state index is 10.9. The third kappa shape index (κ3) is 6.83. The lowest BCUT2D eigenvalue weighted by Gasteiger charge is -2.20. The monoisotopic (exact) mass is 229 g/mol. The van der Waals surface area contributed by atoms with E-state index in [0.717, 1.165) is 19.0 Å². The second kappa shape index (κ2) is 6.89. The molecule has 0 amide bonds. The number of carboxylic acid groups (broad SMARTS) is 1. The van der Waals surface area contributed by atoms with E-state index in [1.54, 1.807) is 13.8 Å². The highest BCUT2D eigenvalue weighted by Crippen LogP contribution is 2.19. The minimum Gasteiger partial charge on any atom is -0.481 e. The molecule has 16 heavy (non-hydrogen) atoms. The first-order chi connectivity index (χ1) is 7.25. The molecule has 96 valence electrons. The van der Waals surface area contributed by atoms with Crippen LogP contribution in [-0.2, 0) is 4.79 Å². The molecule has 0 aromatic rings. The Bertz CT molecular complexity index is 212. The standard InChI is InChI=1S/C13H27NO2/c1-10(2)8-11(3)9-14-7-6-13(4,5)12(15)16/h10-11,14H,6-9H2,1-5H3,(H,15,16). The first-order valence-electron chi connectivity index (χ1n) is 6.20. The van der Waals surface area contributed by atoms with Crippen molar-refractivity contribution < 1.29 is 9.90 Å². The number of carboxylic acids is 1. The molecule has 0 heterocycles. The Morgan fingerprint density at radius 3 is 2.31 bits per heavy atom. The van der Waals surface area contributed by atoms with Gasteiger partial charge in [0.1, 0.15) is 0 Å². The van der Waals surface area contributed by atoms with Crippen LogP contribution in [0.25, 0.3) is 0 Å². The average Bonchev–Trinajstić information content (AvgIpc) is 2.11. The number of rotatable bonds is 8. The third-order valence-corrected chi connectivity index (χ3v) is 2.87. The van der Waals surface area contributed by atoms with Gasteiger partial charge in [0.15, 0.2) is 0 Å². The van der Waals surface area contributed by atoms with Crippen molar-refractivity contribution in [1.29, 1.82) is 0 Å². The maximum Gasteiger partial charge on any atom is 0.309 e. The number of aliphatic carboxylic acids is 1. The van der Waals surface area contributed by atoms with E-state index in [4.69, 9.17) is 5.11 Å². The van der Waals surface area contributed by atoms with Crippen molar-refractivity contribution in [3.63, 3.8) is 0 Å². The fraction of sp³-hybridized carbons (Fsp3) is 0.923. The largest absolute Gasteiger partial charge is 0.481 e. The molecule has 1 atom stereocenters. The topological polar surface area (TPSA) is 49.3 Å². The van der Waals surface area contributed by atoms with Crippen LogP contribution < -0.4 is 5.32 Å². The summed E-state index contributed by atoms with van der Waals surface area (Å²) in [6.07, 6.45) is 1.89. The van der Waals surface area contributed by atoms with Gasteiger partial charge >= 0.3 is 5.97 Å². The molecule has 0 radical (unpaired) electrons. The molecule has 0 aromatic heterocycles. The average molecular weight is 229 g/mol. The van der Waals surface area contributed by atoms with Crippen LogP contribution in [0.2, 0.25) is 0 Å². The summed E-state index contributed by atoms with van der Waals surface area (Å²) in [6.45, 7) is 12.0. The fourth-order valence-electron chi connectivity index (χ4n) is 1.74. The van der Waals surface area contributed by atoms with Crippen LogP contribution in [0.3, 0.4) is 0 Å². The first kappa shape index (κ1) is 15.4. The molecule has 3 heteroatoms. The third-order valence-electron chi connectivity index (χ3n) is 2.87. The Hall–Kier alpha value is -0.570. The van der Waals surface area contributed by atoms with E-state index >= 15 is 0 Å². The summed E-state index contributed by atoms with van der Waals surface area (Å²) < 4.78 is 0. The zero-order valence-corrected chi connectivity index (χ0v) is 11.3. The maximum absolute atomic E-state index is 10.9. The van der Waals surface area contributed by atoms with Crippen molar-refractivity contribution in [2.75, 3.05) is 13.1 Å². The number of nitrogens with one attached hydrogen (secondary N) is 1. The fourth-order valence-corrected chi connectivity index (χ4v) is 1.74. The highest BCUT2D eigenvalue weighted by atomic mass is 16.4. The van der Waals surface area contributed by atoms with Crippen molar-refractivity contribution in [3.05, 3.63) is 0 Å². The summed E-state index contributed by atoms with van der Waals surface area (Å²) in [5.74, 6) is 0.671. The Morgan fingerprint density at radius 1 is 1.31 bits per heavy atom. The summed E-state index contributed by atoms with van der Waals surface area (Å²) >= 11 is 0. The van der Waals surface area contributed by atoms with Crippen molar-refractivity contribution in [2.45, 2.75) is 47.5 Å². The Balaban J connectivity index is 3.64. The molecule has 0 fully saturated rings. The van der Waals surface area contributed by atoms with Crippen molar-refractivity contribution >= 4 is 5.97 Å². The van der Waals surface area contributed by atoms with Crippen LogP contribution in [0.4, 0.5) is 0 Å². The van der Waals surface area contributed by atoms with Crippen molar-refractivity contribution in [2.24, 2.45) is 17.3 Å².